The van der Waals surface area contributed by atoms with Crippen molar-refractivity contribution >= 4 is 24.2 Å². The summed E-state index contributed by atoms with van der Waals surface area (Å²) in [6.45, 7) is 13.2. The largest absolute Gasteiger partial charge is 0.544 e. The smallest absolute Gasteiger partial charge is 0.250 e. The van der Waals surface area contributed by atoms with Gasteiger partial charge in [-0.1, -0.05) is 32.9 Å². The zero-order chi connectivity index (χ0) is 18.8. The summed E-state index contributed by atoms with van der Waals surface area (Å²) in [5.74, 6) is 0.875. The summed E-state index contributed by atoms with van der Waals surface area (Å²) in [5.41, 5.74) is 2.87. The van der Waals surface area contributed by atoms with Crippen molar-refractivity contribution in [1.82, 2.24) is 4.98 Å². The van der Waals surface area contributed by atoms with Gasteiger partial charge < -0.3 is 9.53 Å². The van der Waals surface area contributed by atoms with Crippen LogP contribution in [0.2, 0.25) is 18.1 Å². The molecule has 5 heteroatoms. The van der Waals surface area contributed by atoms with Crippen LogP contribution in [0.5, 0.6) is 5.75 Å². The quantitative estimate of drug-likeness (QED) is 0.618. The highest BCUT2D eigenvalue weighted by Crippen LogP contribution is 2.37. The molecule has 1 aromatic carbocycles. The lowest BCUT2D eigenvalue weighted by molar-refractivity contribution is 0.177. The molecule has 0 saturated heterocycles. The second-order valence-electron chi connectivity index (χ2n) is 8.07. The molecule has 0 radical (unpaired) electrons. The van der Waals surface area contributed by atoms with E-state index in [1.807, 2.05) is 37.3 Å². The Balaban J connectivity index is 2.09. The summed E-state index contributed by atoms with van der Waals surface area (Å²) in [5, 5.41) is 10.7. The zero-order valence-corrected chi connectivity index (χ0v) is 18.5. The van der Waals surface area contributed by atoms with Gasteiger partial charge in [-0.25, -0.2) is 0 Å². The normalized spacial score (nSPS) is 13.6. The Kier molecular flexibility index (Phi) is 6.12. The van der Waals surface area contributed by atoms with E-state index in [4.69, 9.17) is 4.43 Å². The first-order valence-electron chi connectivity index (χ1n) is 8.58. The maximum atomic E-state index is 10.5. The van der Waals surface area contributed by atoms with Gasteiger partial charge in [0, 0.05) is 22.8 Å². The van der Waals surface area contributed by atoms with Crippen LogP contribution in [0.1, 0.15) is 43.7 Å². The van der Waals surface area contributed by atoms with Crippen molar-refractivity contribution in [1.29, 1.82) is 0 Å². The standard InChI is InChI=1S/C20H28BrNO2Si/c1-14-11-16(21)13-22-18(14)12-19(23)15-7-9-17(10-8-15)24-25(5,6)20(2,3)4/h7-11,13,19,23H,12H2,1-6H3. The number of aliphatic hydroxyl groups excluding tert-OH is 1. The summed E-state index contributed by atoms with van der Waals surface area (Å²) >= 11 is 3.42. The predicted molar refractivity (Wildman–Crippen MR) is 110 cm³/mol. The van der Waals surface area contributed by atoms with Crippen molar-refractivity contribution in [3.8, 4) is 5.75 Å². The number of pyridine rings is 1. The molecule has 0 aliphatic carbocycles. The Hall–Kier alpha value is -1.17. The van der Waals surface area contributed by atoms with Gasteiger partial charge in [-0.05, 0) is 70.3 Å². The molecule has 1 heterocycles. The molecule has 2 rings (SSSR count). The molecule has 1 aromatic heterocycles. The lowest BCUT2D eigenvalue weighted by Gasteiger charge is -2.36. The highest BCUT2D eigenvalue weighted by molar-refractivity contribution is 9.10. The Labute approximate surface area is 160 Å². The van der Waals surface area contributed by atoms with Crippen molar-refractivity contribution in [3.05, 3.63) is 57.8 Å². The van der Waals surface area contributed by atoms with Crippen LogP contribution in [0.15, 0.2) is 41.0 Å². The van der Waals surface area contributed by atoms with Crippen molar-refractivity contribution in [2.75, 3.05) is 0 Å². The third-order valence-corrected chi connectivity index (χ3v) is 9.78. The lowest BCUT2D eigenvalue weighted by Crippen LogP contribution is -2.43. The molecule has 0 amide bonds. The van der Waals surface area contributed by atoms with E-state index in [2.05, 4.69) is 54.8 Å². The average molecular weight is 422 g/mol. The fourth-order valence-electron chi connectivity index (χ4n) is 2.29. The zero-order valence-electron chi connectivity index (χ0n) is 15.9. The van der Waals surface area contributed by atoms with Gasteiger partial charge in [-0.2, -0.15) is 0 Å². The van der Waals surface area contributed by atoms with Crippen LogP contribution in [0, 0.1) is 6.92 Å². The SMILES string of the molecule is Cc1cc(Br)cnc1CC(O)c1ccc(O[Si](C)(C)C(C)(C)C)cc1. The average Bonchev–Trinajstić information content (AvgIpc) is 2.49. The molecule has 1 atom stereocenters. The number of hydrogen-bond acceptors (Lipinski definition) is 3. The van der Waals surface area contributed by atoms with Gasteiger partial charge >= 0.3 is 0 Å². The molecule has 2 aromatic rings. The molecule has 0 aliphatic heterocycles. The van der Waals surface area contributed by atoms with Crippen LogP contribution in [-0.2, 0) is 6.42 Å². The minimum absolute atomic E-state index is 0.163. The fraction of sp³-hybridized carbons (Fsp3) is 0.450. The molecule has 0 spiro atoms. The first-order chi connectivity index (χ1) is 11.5. The van der Waals surface area contributed by atoms with Crippen LogP contribution < -0.4 is 4.43 Å². The number of nitrogens with zero attached hydrogens (tertiary/aromatic N) is 1. The van der Waals surface area contributed by atoms with Crippen LogP contribution >= 0.6 is 15.9 Å². The van der Waals surface area contributed by atoms with Gasteiger partial charge in [0.1, 0.15) is 5.75 Å². The summed E-state index contributed by atoms with van der Waals surface area (Å²) in [6.07, 6.45) is 1.70. The van der Waals surface area contributed by atoms with E-state index in [-0.39, 0.29) is 5.04 Å². The molecule has 3 nitrogen and oxygen atoms in total. The van der Waals surface area contributed by atoms with Gasteiger partial charge in [0.05, 0.1) is 6.10 Å². The second kappa shape index (κ2) is 7.60. The van der Waals surface area contributed by atoms with Gasteiger partial charge in [0.2, 0.25) is 8.32 Å². The van der Waals surface area contributed by atoms with Gasteiger partial charge in [-0.15, -0.1) is 0 Å². The highest BCUT2D eigenvalue weighted by Gasteiger charge is 2.38. The number of halogens is 1. The Morgan fingerprint density at radius 3 is 2.32 bits per heavy atom. The topological polar surface area (TPSA) is 42.4 Å². The Morgan fingerprint density at radius 2 is 1.80 bits per heavy atom. The third kappa shape index (κ3) is 5.15. The number of hydrogen-bond donors (Lipinski definition) is 1. The minimum Gasteiger partial charge on any atom is -0.544 e. The number of benzene rings is 1. The summed E-state index contributed by atoms with van der Waals surface area (Å²) < 4.78 is 7.25. The molecule has 1 N–H and O–H groups in total. The van der Waals surface area contributed by atoms with Gasteiger partial charge in [0.15, 0.2) is 0 Å². The number of rotatable bonds is 5. The molecule has 136 valence electrons. The maximum Gasteiger partial charge on any atom is 0.250 e. The molecule has 25 heavy (non-hydrogen) atoms. The van der Waals surface area contributed by atoms with Crippen molar-refractivity contribution in [2.24, 2.45) is 0 Å². The lowest BCUT2D eigenvalue weighted by atomic mass is 10.0. The third-order valence-electron chi connectivity index (χ3n) is 4.98. The van der Waals surface area contributed by atoms with Crippen LogP contribution in [0.4, 0.5) is 0 Å². The van der Waals surface area contributed by atoms with E-state index in [9.17, 15) is 5.11 Å². The molecule has 0 aliphatic rings. The van der Waals surface area contributed by atoms with E-state index in [1.165, 1.54) is 0 Å². The van der Waals surface area contributed by atoms with Crippen molar-refractivity contribution in [3.63, 3.8) is 0 Å². The van der Waals surface area contributed by atoms with E-state index in [0.29, 0.717) is 6.42 Å². The van der Waals surface area contributed by atoms with E-state index in [1.54, 1.807) is 6.20 Å². The van der Waals surface area contributed by atoms with E-state index < -0.39 is 14.4 Å². The van der Waals surface area contributed by atoms with Crippen molar-refractivity contribution in [2.45, 2.75) is 58.4 Å². The minimum atomic E-state index is -1.84. The molecule has 0 saturated carbocycles. The summed E-state index contributed by atoms with van der Waals surface area (Å²) in [6, 6.07) is 9.83. The van der Waals surface area contributed by atoms with Crippen LogP contribution in [-0.4, -0.2) is 18.4 Å². The van der Waals surface area contributed by atoms with Gasteiger partial charge in [0.25, 0.3) is 0 Å². The second-order valence-corrected chi connectivity index (χ2v) is 13.7. The van der Waals surface area contributed by atoms with Gasteiger partial charge in [-0.3, -0.25) is 4.98 Å². The van der Waals surface area contributed by atoms with E-state index >= 15 is 0 Å². The Morgan fingerprint density at radius 1 is 1.20 bits per heavy atom. The maximum absolute atomic E-state index is 10.5. The molecule has 0 fully saturated rings. The number of aliphatic hydroxyl groups is 1. The van der Waals surface area contributed by atoms with Crippen LogP contribution in [0.3, 0.4) is 0 Å². The summed E-state index contributed by atoms with van der Waals surface area (Å²) in [7, 11) is -1.84. The fourth-order valence-corrected chi connectivity index (χ4v) is 3.77. The van der Waals surface area contributed by atoms with Crippen molar-refractivity contribution < 1.29 is 9.53 Å². The number of aromatic nitrogens is 1. The molecular weight excluding hydrogens is 394 g/mol. The first-order valence-corrected chi connectivity index (χ1v) is 12.3. The number of aryl methyl sites for hydroxylation is 1. The summed E-state index contributed by atoms with van der Waals surface area (Å²) in [4.78, 5) is 4.41. The molecule has 1 unspecified atom stereocenters. The highest BCUT2D eigenvalue weighted by atomic mass is 79.9. The molecular formula is C20H28BrNO2Si. The van der Waals surface area contributed by atoms with Crippen LogP contribution in [0.25, 0.3) is 0 Å². The van der Waals surface area contributed by atoms with E-state index in [0.717, 1.165) is 27.0 Å². The monoisotopic (exact) mass is 421 g/mol. The first kappa shape index (κ1) is 20.1. The molecule has 0 bridgehead atoms. The Bertz CT molecular complexity index is 723. The predicted octanol–water partition coefficient (Wildman–Crippen LogP) is 5.81.